The average molecular weight is 542 g/mol. The number of methoxy groups -OCH3 is 1. The SMILES string of the molecule is COc1oc(-c2cc3ccccc3c3ccccc23)cc1[P+](c1ccccc1)(c1ccccc1)c1cccs1. The summed E-state index contributed by atoms with van der Waals surface area (Å²) in [7, 11) is -0.608. The van der Waals surface area contributed by atoms with Crippen LogP contribution < -0.4 is 25.3 Å². The van der Waals surface area contributed by atoms with Gasteiger partial charge in [-0.25, -0.2) is 0 Å². The van der Waals surface area contributed by atoms with Crippen LogP contribution in [-0.2, 0) is 0 Å². The highest BCUT2D eigenvalue weighted by atomic mass is 32.1. The maximum absolute atomic E-state index is 6.66. The fourth-order valence-electron chi connectivity index (χ4n) is 5.70. The summed E-state index contributed by atoms with van der Waals surface area (Å²) >= 11 is 1.80. The van der Waals surface area contributed by atoms with E-state index in [4.69, 9.17) is 9.15 Å². The van der Waals surface area contributed by atoms with Gasteiger partial charge in [0.05, 0.1) is 7.11 Å². The predicted molar refractivity (Wildman–Crippen MR) is 168 cm³/mol. The van der Waals surface area contributed by atoms with E-state index in [1.807, 2.05) is 0 Å². The molecule has 0 radical (unpaired) electrons. The topological polar surface area (TPSA) is 22.4 Å². The Kier molecular flexibility index (Phi) is 6.04. The Morgan fingerprint density at radius 2 is 1.23 bits per heavy atom. The molecule has 2 aromatic heterocycles. The van der Waals surface area contributed by atoms with Crippen LogP contribution in [-0.4, -0.2) is 7.11 Å². The van der Waals surface area contributed by atoms with E-state index in [2.05, 4.69) is 139 Å². The maximum Gasteiger partial charge on any atom is 0.330 e. The summed E-state index contributed by atoms with van der Waals surface area (Å²) in [6, 6.07) is 47.7. The lowest BCUT2D eigenvalue weighted by Crippen LogP contribution is -2.37. The van der Waals surface area contributed by atoms with Crippen molar-refractivity contribution in [1.82, 2.24) is 0 Å². The van der Waals surface area contributed by atoms with Crippen LogP contribution in [0.25, 0.3) is 32.9 Å². The fraction of sp³-hybridized carbons (Fsp3) is 0.0286. The molecule has 188 valence electrons. The molecule has 2 nitrogen and oxygen atoms in total. The number of thiophene rings is 1. The standard InChI is InChI=1S/C35H26O2PS/c1-36-35-33(24-32(37-35)31-23-25-13-8-9-18-28(25)29-19-10-11-20-30(29)31)38(34-21-12-22-39-34,26-14-4-2-5-15-26)27-16-6-3-7-17-27/h2-24H,1H3/q+1. The Balaban J connectivity index is 1.57. The molecular weight excluding hydrogens is 515 g/mol. The number of benzene rings is 5. The summed E-state index contributed by atoms with van der Waals surface area (Å²) in [6.07, 6.45) is 0. The first kappa shape index (κ1) is 23.9. The summed E-state index contributed by atoms with van der Waals surface area (Å²) in [6.45, 7) is 0. The third-order valence-electron chi connectivity index (χ3n) is 7.38. The lowest BCUT2D eigenvalue weighted by molar-refractivity contribution is 0.312. The van der Waals surface area contributed by atoms with Gasteiger partial charge in [-0.1, -0.05) is 84.9 Å². The molecule has 7 rings (SSSR count). The number of fused-ring (bicyclic) bond motifs is 3. The van der Waals surface area contributed by atoms with E-state index in [-0.39, 0.29) is 0 Å². The molecule has 0 unspecified atom stereocenters. The van der Waals surface area contributed by atoms with E-state index < -0.39 is 7.26 Å². The van der Waals surface area contributed by atoms with Crippen LogP contribution in [0.4, 0.5) is 0 Å². The van der Waals surface area contributed by atoms with Crippen LogP contribution in [0.3, 0.4) is 0 Å². The molecule has 0 aliphatic carbocycles. The van der Waals surface area contributed by atoms with E-state index in [0.29, 0.717) is 5.95 Å². The fourth-order valence-corrected chi connectivity index (χ4v) is 11.8. The number of hydrogen-bond acceptors (Lipinski definition) is 3. The number of ether oxygens (including phenoxy) is 1. The van der Waals surface area contributed by atoms with Gasteiger partial charge in [-0.2, -0.15) is 0 Å². The Morgan fingerprint density at radius 1 is 0.615 bits per heavy atom. The molecule has 0 N–H and O–H groups in total. The third-order valence-corrected chi connectivity index (χ3v) is 13.2. The van der Waals surface area contributed by atoms with Gasteiger partial charge < -0.3 is 9.15 Å². The largest absolute Gasteiger partial charge is 0.466 e. The summed E-state index contributed by atoms with van der Waals surface area (Å²) < 4.78 is 14.0. The molecule has 4 heteroatoms. The highest BCUT2D eigenvalue weighted by Crippen LogP contribution is 2.58. The van der Waals surface area contributed by atoms with Crippen LogP contribution in [0, 0.1) is 0 Å². The van der Waals surface area contributed by atoms with E-state index in [1.54, 1.807) is 18.4 Å². The van der Waals surface area contributed by atoms with E-state index in [1.165, 1.54) is 36.8 Å². The maximum atomic E-state index is 6.66. The van der Waals surface area contributed by atoms with Gasteiger partial charge in [0.15, 0.2) is 17.2 Å². The van der Waals surface area contributed by atoms with Crippen molar-refractivity contribution in [3.63, 3.8) is 0 Å². The average Bonchev–Trinajstić information content (AvgIpc) is 3.70. The Labute approximate surface area is 232 Å². The van der Waals surface area contributed by atoms with Gasteiger partial charge in [-0.15, -0.1) is 11.3 Å². The summed E-state index contributed by atoms with van der Waals surface area (Å²) in [5, 5.41) is 10.6. The normalized spacial score (nSPS) is 11.7. The molecule has 0 amide bonds. The number of rotatable bonds is 6. The molecule has 0 atom stereocenters. The molecule has 0 aliphatic heterocycles. The molecule has 0 saturated heterocycles. The monoisotopic (exact) mass is 541 g/mol. The van der Waals surface area contributed by atoms with Crippen molar-refractivity contribution < 1.29 is 9.15 Å². The van der Waals surface area contributed by atoms with Crippen molar-refractivity contribution in [2.75, 3.05) is 7.11 Å². The molecule has 2 heterocycles. The summed E-state index contributed by atoms with van der Waals surface area (Å²) in [4.78, 5) is 0. The van der Waals surface area contributed by atoms with Crippen molar-refractivity contribution in [3.05, 3.63) is 139 Å². The van der Waals surface area contributed by atoms with Crippen LogP contribution in [0.5, 0.6) is 5.95 Å². The summed E-state index contributed by atoms with van der Waals surface area (Å²) in [5.74, 6) is 1.38. The molecule has 0 bridgehead atoms. The van der Waals surface area contributed by atoms with Gasteiger partial charge in [-0.05, 0) is 69.4 Å². The second-order valence-electron chi connectivity index (χ2n) is 9.47. The quantitative estimate of drug-likeness (QED) is 0.158. The van der Waals surface area contributed by atoms with E-state index in [9.17, 15) is 0 Å². The summed E-state index contributed by atoms with van der Waals surface area (Å²) in [5.41, 5.74) is 1.07. The molecule has 0 saturated carbocycles. The minimum atomic E-state index is -2.32. The zero-order chi connectivity index (χ0) is 26.2. The van der Waals surface area contributed by atoms with Crippen molar-refractivity contribution in [3.8, 4) is 17.3 Å². The number of hydrogen-bond donors (Lipinski definition) is 0. The Morgan fingerprint density at radius 3 is 1.87 bits per heavy atom. The minimum absolute atomic E-state index is 0.566. The van der Waals surface area contributed by atoms with Crippen LogP contribution >= 0.6 is 18.6 Å². The second kappa shape index (κ2) is 9.85. The van der Waals surface area contributed by atoms with Gasteiger partial charge in [0.25, 0.3) is 0 Å². The zero-order valence-corrected chi connectivity index (χ0v) is 23.2. The highest BCUT2D eigenvalue weighted by Gasteiger charge is 2.53. The Bertz CT molecular complexity index is 1850. The van der Waals surface area contributed by atoms with E-state index in [0.717, 1.165) is 16.6 Å². The lowest BCUT2D eigenvalue weighted by Gasteiger charge is -2.24. The van der Waals surface area contributed by atoms with Gasteiger partial charge in [-0.3, -0.25) is 0 Å². The molecule has 7 aromatic rings. The van der Waals surface area contributed by atoms with Gasteiger partial charge in [0, 0.05) is 11.6 Å². The first-order chi connectivity index (χ1) is 19.3. The Hall–Kier alpha value is -4.17. The van der Waals surface area contributed by atoms with Crippen molar-refractivity contribution >= 4 is 60.7 Å². The van der Waals surface area contributed by atoms with E-state index >= 15 is 0 Å². The van der Waals surface area contributed by atoms with Gasteiger partial charge in [0.1, 0.15) is 16.4 Å². The number of furan rings is 1. The smallest absolute Gasteiger partial charge is 0.330 e. The molecule has 0 aliphatic rings. The van der Waals surface area contributed by atoms with Gasteiger partial charge in [0.2, 0.25) is 0 Å². The molecule has 0 fully saturated rings. The van der Waals surface area contributed by atoms with Crippen LogP contribution in [0.2, 0.25) is 0 Å². The minimum Gasteiger partial charge on any atom is -0.466 e. The first-order valence-electron chi connectivity index (χ1n) is 12.9. The third kappa shape index (κ3) is 3.81. The molecule has 0 spiro atoms. The lowest BCUT2D eigenvalue weighted by atomic mass is 9.96. The first-order valence-corrected chi connectivity index (χ1v) is 15.6. The van der Waals surface area contributed by atoms with Crippen LogP contribution in [0.1, 0.15) is 0 Å². The van der Waals surface area contributed by atoms with Crippen molar-refractivity contribution in [1.29, 1.82) is 0 Å². The van der Waals surface area contributed by atoms with Crippen molar-refractivity contribution in [2.24, 2.45) is 0 Å². The van der Waals surface area contributed by atoms with Gasteiger partial charge >= 0.3 is 5.95 Å². The highest BCUT2D eigenvalue weighted by molar-refractivity contribution is 8.04. The molecule has 5 aromatic carbocycles. The second-order valence-corrected chi connectivity index (χ2v) is 14.1. The molecule has 39 heavy (non-hydrogen) atoms. The van der Waals surface area contributed by atoms with Crippen molar-refractivity contribution in [2.45, 2.75) is 0 Å². The predicted octanol–water partition coefficient (Wildman–Crippen LogP) is 7.94. The molecular formula is C35H26O2PS+. The zero-order valence-electron chi connectivity index (χ0n) is 21.5. The van der Waals surface area contributed by atoms with Crippen LogP contribution in [0.15, 0.2) is 143 Å².